The summed E-state index contributed by atoms with van der Waals surface area (Å²) in [6, 6.07) is 8.03. The molecule has 0 bridgehead atoms. The number of ether oxygens (including phenoxy) is 1. The van der Waals surface area contributed by atoms with Crippen LogP contribution in [-0.4, -0.2) is 27.5 Å². The Hall–Kier alpha value is -2.00. The second-order valence-electron chi connectivity index (χ2n) is 7.18. The molecule has 2 aromatic rings. The van der Waals surface area contributed by atoms with Crippen molar-refractivity contribution in [1.29, 1.82) is 0 Å². The molecular weight excluding hydrogens is 419 g/mol. The second kappa shape index (κ2) is 7.68. The summed E-state index contributed by atoms with van der Waals surface area (Å²) >= 11 is 0. The molecule has 6 nitrogen and oxygen atoms in total. The van der Waals surface area contributed by atoms with Gasteiger partial charge in [-0.2, -0.15) is 0 Å². The van der Waals surface area contributed by atoms with Gasteiger partial charge in [0.15, 0.2) is 12.5 Å². The fourth-order valence-corrected chi connectivity index (χ4v) is 5.07. The first-order valence-electron chi connectivity index (χ1n) is 9.25. The van der Waals surface area contributed by atoms with E-state index in [0.29, 0.717) is 24.1 Å². The van der Waals surface area contributed by atoms with E-state index in [2.05, 4.69) is 11.4 Å². The van der Waals surface area contributed by atoms with E-state index in [1.54, 1.807) is 4.90 Å². The Labute approximate surface area is 173 Å². The Morgan fingerprint density at radius 1 is 1.34 bits per heavy atom. The van der Waals surface area contributed by atoms with Crippen LogP contribution in [0.3, 0.4) is 0 Å². The van der Waals surface area contributed by atoms with Crippen molar-refractivity contribution in [3.05, 3.63) is 58.4 Å². The van der Waals surface area contributed by atoms with Crippen molar-refractivity contribution in [2.75, 3.05) is 11.4 Å². The maximum absolute atomic E-state index is 14.6. The summed E-state index contributed by atoms with van der Waals surface area (Å²) < 4.78 is 43.6. The maximum atomic E-state index is 14.6. The van der Waals surface area contributed by atoms with Crippen LogP contribution in [-0.2, 0) is 38.2 Å². The van der Waals surface area contributed by atoms with Gasteiger partial charge in [0.25, 0.3) is 9.05 Å². The van der Waals surface area contributed by atoms with E-state index in [9.17, 15) is 17.6 Å². The zero-order chi connectivity index (χ0) is 20.8. The van der Waals surface area contributed by atoms with Crippen LogP contribution in [0.25, 0.3) is 0 Å². The molecule has 2 heterocycles. The average molecular weight is 439 g/mol. The average Bonchev–Trinajstić information content (AvgIpc) is 2.70. The number of carbonyl (C=O) groups is 1. The van der Waals surface area contributed by atoms with Gasteiger partial charge in [-0.15, -0.1) is 0 Å². The molecule has 9 heteroatoms. The van der Waals surface area contributed by atoms with Crippen LogP contribution < -0.4 is 10.2 Å². The fraction of sp³-hybridized carbons (Fsp3) is 0.350. The Kier molecular flexibility index (Phi) is 5.37. The lowest BCUT2D eigenvalue weighted by Gasteiger charge is -2.41. The molecule has 29 heavy (non-hydrogen) atoms. The van der Waals surface area contributed by atoms with E-state index in [0.717, 1.165) is 30.2 Å². The van der Waals surface area contributed by atoms with Crippen LogP contribution in [0.5, 0.6) is 0 Å². The van der Waals surface area contributed by atoms with Gasteiger partial charge >= 0.3 is 0 Å². The van der Waals surface area contributed by atoms with E-state index in [1.807, 2.05) is 19.1 Å². The largest absolute Gasteiger partial charge is 0.346 e. The number of fused-ring (bicyclic) bond motifs is 2. The van der Waals surface area contributed by atoms with Crippen molar-refractivity contribution in [2.24, 2.45) is 0 Å². The summed E-state index contributed by atoms with van der Waals surface area (Å²) in [5.74, 6) is -0.959. The van der Waals surface area contributed by atoms with Gasteiger partial charge in [-0.1, -0.05) is 18.2 Å². The van der Waals surface area contributed by atoms with Crippen molar-refractivity contribution in [3.8, 4) is 0 Å². The number of aldehydes is 1. The van der Waals surface area contributed by atoms with Crippen LogP contribution in [0.1, 0.15) is 35.2 Å². The van der Waals surface area contributed by atoms with Gasteiger partial charge in [0.1, 0.15) is 10.7 Å². The molecule has 2 unspecified atom stereocenters. The highest BCUT2D eigenvalue weighted by atomic mass is 35.7. The Bertz CT molecular complexity index is 1080. The molecule has 0 amide bonds. The molecule has 1 N–H and O–H groups in total. The van der Waals surface area contributed by atoms with Crippen LogP contribution in [0.2, 0.25) is 0 Å². The molecule has 0 saturated carbocycles. The first-order chi connectivity index (χ1) is 13.8. The number of hydrogen-bond acceptors (Lipinski definition) is 6. The van der Waals surface area contributed by atoms with Gasteiger partial charge in [-0.05, 0) is 48.7 Å². The molecule has 0 aliphatic carbocycles. The van der Waals surface area contributed by atoms with Crippen LogP contribution >= 0.6 is 10.7 Å². The standard InChI is InChI=1S/C20H20ClFN2O4S/c1-12(15-4-2-3-13-5-6-23-9-16(13)15)24-18-8-17(22)19(29(21,26)27)7-14(18)11-28-20(24)10-25/h2-4,7-8,10,12,20,23H,5-6,9,11H2,1H3. The van der Waals surface area contributed by atoms with Gasteiger partial charge in [0.2, 0.25) is 0 Å². The number of nitrogens with zero attached hydrogens (tertiary/aromatic N) is 1. The lowest BCUT2D eigenvalue weighted by atomic mass is 9.91. The third kappa shape index (κ3) is 3.66. The number of nitrogens with one attached hydrogen (secondary N) is 1. The minimum atomic E-state index is -4.24. The lowest BCUT2D eigenvalue weighted by Crippen LogP contribution is -2.44. The minimum Gasteiger partial charge on any atom is -0.346 e. The van der Waals surface area contributed by atoms with Gasteiger partial charge < -0.3 is 15.0 Å². The summed E-state index contributed by atoms with van der Waals surface area (Å²) in [4.78, 5) is 12.8. The normalized spacial score (nSPS) is 20.0. The van der Waals surface area contributed by atoms with Crippen molar-refractivity contribution >= 4 is 31.7 Å². The van der Waals surface area contributed by atoms with Crippen LogP contribution in [0.4, 0.5) is 10.1 Å². The topological polar surface area (TPSA) is 75.7 Å². The van der Waals surface area contributed by atoms with Crippen molar-refractivity contribution in [3.63, 3.8) is 0 Å². The molecule has 0 fully saturated rings. The van der Waals surface area contributed by atoms with Crippen molar-refractivity contribution in [2.45, 2.75) is 43.7 Å². The van der Waals surface area contributed by atoms with Crippen LogP contribution in [0.15, 0.2) is 35.2 Å². The summed E-state index contributed by atoms with van der Waals surface area (Å²) in [5, 5.41) is 3.36. The van der Waals surface area contributed by atoms with E-state index in [1.165, 1.54) is 11.6 Å². The van der Waals surface area contributed by atoms with Crippen molar-refractivity contribution in [1.82, 2.24) is 5.32 Å². The zero-order valence-corrected chi connectivity index (χ0v) is 17.3. The summed E-state index contributed by atoms with van der Waals surface area (Å²) in [5.41, 5.74) is 4.28. The number of halogens is 2. The Balaban J connectivity index is 1.83. The monoisotopic (exact) mass is 438 g/mol. The van der Waals surface area contributed by atoms with E-state index < -0.39 is 26.0 Å². The van der Waals surface area contributed by atoms with Crippen LogP contribution in [0, 0.1) is 5.82 Å². The third-order valence-electron chi connectivity index (χ3n) is 5.52. The zero-order valence-electron chi connectivity index (χ0n) is 15.7. The molecule has 0 spiro atoms. The highest BCUT2D eigenvalue weighted by Crippen LogP contribution is 2.39. The molecule has 2 aliphatic rings. The predicted molar refractivity (Wildman–Crippen MR) is 107 cm³/mol. The Morgan fingerprint density at radius 3 is 2.86 bits per heavy atom. The molecule has 154 valence electrons. The first-order valence-corrected chi connectivity index (χ1v) is 11.6. The van der Waals surface area contributed by atoms with Crippen molar-refractivity contribution < 1.29 is 22.3 Å². The fourth-order valence-electron chi connectivity index (χ4n) is 4.14. The van der Waals surface area contributed by atoms with Gasteiger partial charge in [0, 0.05) is 28.5 Å². The summed E-state index contributed by atoms with van der Waals surface area (Å²) in [7, 11) is 1.11. The lowest BCUT2D eigenvalue weighted by molar-refractivity contribution is -0.120. The SMILES string of the molecule is CC(c1cccc2c1CNCC2)N1c2cc(F)c(S(=O)(=O)Cl)cc2COC1C=O. The highest BCUT2D eigenvalue weighted by molar-refractivity contribution is 8.13. The van der Waals surface area contributed by atoms with E-state index in [-0.39, 0.29) is 12.6 Å². The quantitative estimate of drug-likeness (QED) is 0.584. The molecule has 2 aliphatic heterocycles. The summed E-state index contributed by atoms with van der Waals surface area (Å²) in [6.07, 6.45) is 0.658. The number of benzene rings is 2. The summed E-state index contributed by atoms with van der Waals surface area (Å²) in [6.45, 7) is 3.51. The van der Waals surface area contributed by atoms with Gasteiger partial charge in [-0.25, -0.2) is 12.8 Å². The molecule has 0 saturated heterocycles. The number of anilines is 1. The van der Waals surface area contributed by atoms with E-state index in [4.69, 9.17) is 15.4 Å². The Morgan fingerprint density at radius 2 is 2.14 bits per heavy atom. The smallest absolute Gasteiger partial charge is 0.264 e. The third-order valence-corrected chi connectivity index (χ3v) is 6.86. The molecular formula is C20H20ClFN2O4S. The van der Waals surface area contributed by atoms with E-state index >= 15 is 0 Å². The maximum Gasteiger partial charge on any atom is 0.264 e. The molecule has 4 rings (SSSR count). The van der Waals surface area contributed by atoms with Gasteiger partial charge in [-0.3, -0.25) is 4.79 Å². The molecule has 0 radical (unpaired) electrons. The predicted octanol–water partition coefficient (Wildman–Crippen LogP) is 3.02. The highest BCUT2D eigenvalue weighted by Gasteiger charge is 2.34. The van der Waals surface area contributed by atoms with Gasteiger partial charge in [0.05, 0.1) is 12.6 Å². The molecule has 2 aromatic carbocycles. The second-order valence-corrected chi connectivity index (χ2v) is 9.72. The molecule has 0 aromatic heterocycles. The number of hydrogen-bond donors (Lipinski definition) is 1. The minimum absolute atomic E-state index is 0.0178. The molecule has 2 atom stereocenters. The number of rotatable bonds is 4. The first kappa shape index (κ1) is 20.3. The number of carbonyl (C=O) groups excluding carboxylic acids is 1.